The Morgan fingerprint density at radius 1 is 1.30 bits per heavy atom. The number of halogens is 4. The predicted octanol–water partition coefficient (Wildman–Crippen LogP) is 5.10. The van der Waals surface area contributed by atoms with Crippen molar-refractivity contribution in [2.45, 2.75) is 27.6 Å². The summed E-state index contributed by atoms with van der Waals surface area (Å²) in [4.78, 5) is 0. The van der Waals surface area contributed by atoms with E-state index in [0.29, 0.717) is 1.43 Å². The SMILES string of the molecule is CCCCC(I)(I)[C](I)I. The second-order valence-electron chi connectivity index (χ2n) is 2.07. The molecular formula is C6H9I4. The fraction of sp³-hybridized carbons (Fsp3) is 0.833. The van der Waals surface area contributed by atoms with E-state index in [4.69, 9.17) is 0 Å². The van der Waals surface area contributed by atoms with Gasteiger partial charge < -0.3 is 0 Å². The minimum atomic E-state index is 0.382. The molecule has 0 N–H and O–H groups in total. The van der Waals surface area contributed by atoms with Crippen molar-refractivity contribution in [2.24, 2.45) is 0 Å². The maximum Gasteiger partial charge on any atom is 0.122 e. The molecule has 4 heteroatoms. The third-order valence-electron chi connectivity index (χ3n) is 1.12. The van der Waals surface area contributed by atoms with Crippen molar-refractivity contribution in [3.05, 3.63) is 1.93 Å². The highest BCUT2D eigenvalue weighted by atomic mass is 127. The summed E-state index contributed by atoms with van der Waals surface area (Å²) in [5, 5.41) is 0. The van der Waals surface area contributed by atoms with Crippen molar-refractivity contribution in [3.63, 3.8) is 0 Å². The van der Waals surface area contributed by atoms with Crippen LogP contribution in [0.1, 0.15) is 26.2 Å². The average molecular weight is 589 g/mol. The average Bonchev–Trinajstić information content (AvgIpc) is 1.84. The van der Waals surface area contributed by atoms with Crippen LogP contribution in [0, 0.1) is 1.93 Å². The Bertz CT molecular complexity index is 89.7. The summed E-state index contributed by atoms with van der Waals surface area (Å²) >= 11 is 9.87. The monoisotopic (exact) mass is 589 g/mol. The first-order chi connectivity index (χ1) is 4.50. The zero-order chi connectivity index (χ0) is 8.20. The van der Waals surface area contributed by atoms with E-state index < -0.39 is 0 Å². The van der Waals surface area contributed by atoms with Crippen LogP contribution in [-0.2, 0) is 0 Å². The third-order valence-corrected chi connectivity index (χ3v) is 9.25. The lowest BCUT2D eigenvalue weighted by Gasteiger charge is -2.20. The van der Waals surface area contributed by atoms with E-state index in [-0.39, 0.29) is 0 Å². The standard InChI is InChI=1S/C6H9I4/c1-2-3-4-6(9,10)5(7)8/h2-4H2,1H3. The lowest BCUT2D eigenvalue weighted by atomic mass is 10.2. The van der Waals surface area contributed by atoms with Gasteiger partial charge in [0.25, 0.3) is 0 Å². The number of unbranched alkanes of at least 4 members (excludes halogenated alkanes) is 1. The predicted molar refractivity (Wildman–Crippen MR) is 81.6 cm³/mol. The topological polar surface area (TPSA) is 0 Å². The summed E-state index contributed by atoms with van der Waals surface area (Å²) in [5.74, 6) is 0. The minimum Gasteiger partial charge on any atom is -0.0654 e. The molecule has 0 spiro atoms. The lowest BCUT2D eigenvalue weighted by Crippen LogP contribution is -2.12. The molecule has 1 radical (unpaired) electrons. The molecular weight excluding hydrogens is 580 g/mol. The lowest BCUT2D eigenvalue weighted by molar-refractivity contribution is 0.735. The molecule has 10 heavy (non-hydrogen) atoms. The molecule has 0 atom stereocenters. The Morgan fingerprint density at radius 2 is 1.80 bits per heavy atom. The van der Waals surface area contributed by atoms with Gasteiger partial charge in [-0.15, -0.1) is 0 Å². The van der Waals surface area contributed by atoms with Crippen molar-refractivity contribution in [3.8, 4) is 0 Å². The summed E-state index contributed by atoms with van der Waals surface area (Å²) in [6, 6.07) is 0. The van der Waals surface area contributed by atoms with Crippen LogP contribution < -0.4 is 0 Å². The van der Waals surface area contributed by atoms with Crippen LogP contribution in [0.5, 0.6) is 0 Å². The van der Waals surface area contributed by atoms with Crippen molar-refractivity contribution < 1.29 is 0 Å². The first-order valence-electron chi connectivity index (χ1n) is 3.07. The first kappa shape index (κ1) is 12.9. The molecule has 0 aromatic heterocycles. The molecule has 0 amide bonds. The Morgan fingerprint density at radius 3 is 2.10 bits per heavy atom. The highest BCUT2D eigenvalue weighted by Gasteiger charge is 2.29. The molecule has 0 fully saturated rings. The van der Waals surface area contributed by atoms with Crippen LogP contribution in [0.4, 0.5) is 0 Å². The van der Waals surface area contributed by atoms with Gasteiger partial charge >= 0.3 is 0 Å². The maximum absolute atomic E-state index is 2.52. The fourth-order valence-corrected chi connectivity index (χ4v) is 1.80. The van der Waals surface area contributed by atoms with E-state index >= 15 is 0 Å². The zero-order valence-corrected chi connectivity index (χ0v) is 14.3. The largest absolute Gasteiger partial charge is 0.122 e. The normalized spacial score (nSPS) is 12.6. The van der Waals surface area contributed by atoms with Gasteiger partial charge in [-0.2, -0.15) is 0 Å². The molecule has 0 aliphatic carbocycles. The number of hydrogen-bond acceptors (Lipinski definition) is 0. The Balaban J connectivity index is 3.63. The van der Waals surface area contributed by atoms with Gasteiger partial charge in [0, 0.05) is 0 Å². The van der Waals surface area contributed by atoms with E-state index in [1.54, 1.807) is 0 Å². The molecule has 0 bridgehead atoms. The molecule has 0 saturated carbocycles. The van der Waals surface area contributed by atoms with E-state index in [1.807, 2.05) is 0 Å². The molecule has 0 saturated heterocycles. The molecule has 0 aromatic carbocycles. The van der Waals surface area contributed by atoms with Crippen molar-refractivity contribution >= 4 is 90.4 Å². The molecule has 0 heterocycles. The quantitative estimate of drug-likeness (QED) is 0.317. The van der Waals surface area contributed by atoms with Crippen molar-refractivity contribution in [1.82, 2.24) is 0 Å². The van der Waals surface area contributed by atoms with Crippen molar-refractivity contribution in [2.75, 3.05) is 0 Å². The van der Waals surface area contributed by atoms with Crippen LogP contribution in [-0.4, -0.2) is 1.43 Å². The van der Waals surface area contributed by atoms with Gasteiger partial charge in [0.2, 0.25) is 0 Å². The Labute approximate surface area is 118 Å². The second-order valence-corrected chi connectivity index (χ2v) is 12.0. The van der Waals surface area contributed by atoms with Gasteiger partial charge in [0.15, 0.2) is 0 Å². The van der Waals surface area contributed by atoms with E-state index in [2.05, 4.69) is 97.3 Å². The zero-order valence-electron chi connectivity index (χ0n) is 5.63. The minimum absolute atomic E-state index is 0.382. The smallest absolute Gasteiger partial charge is 0.0654 e. The second kappa shape index (κ2) is 6.39. The van der Waals surface area contributed by atoms with Crippen molar-refractivity contribution in [1.29, 1.82) is 0 Å². The Kier molecular flexibility index (Phi) is 8.25. The van der Waals surface area contributed by atoms with Gasteiger partial charge in [-0.05, 0) is 6.42 Å². The fourth-order valence-electron chi connectivity index (χ4n) is 0.493. The number of hydrogen-bond donors (Lipinski definition) is 0. The molecule has 0 nitrogen and oxygen atoms in total. The summed E-state index contributed by atoms with van der Waals surface area (Å²) in [7, 11) is 0. The van der Waals surface area contributed by atoms with Gasteiger partial charge in [-0.25, -0.2) is 0 Å². The summed E-state index contributed by atoms with van der Waals surface area (Å²) in [5.41, 5.74) is 0. The Hall–Kier alpha value is 2.92. The third kappa shape index (κ3) is 5.55. The summed E-state index contributed by atoms with van der Waals surface area (Å²) < 4.78 is 1.85. The molecule has 0 aliphatic heterocycles. The summed E-state index contributed by atoms with van der Waals surface area (Å²) in [6.07, 6.45) is 3.93. The molecule has 61 valence electrons. The van der Waals surface area contributed by atoms with Gasteiger partial charge in [0.05, 0.1) is 1.43 Å². The van der Waals surface area contributed by atoms with Gasteiger partial charge in [-0.3, -0.25) is 0 Å². The first-order valence-corrected chi connectivity index (χ1v) is 7.38. The highest BCUT2D eigenvalue weighted by Crippen LogP contribution is 2.49. The summed E-state index contributed by atoms with van der Waals surface area (Å²) in [6.45, 7) is 2.24. The highest BCUT2D eigenvalue weighted by molar-refractivity contribution is 14.2. The number of alkyl halides is 2. The van der Waals surface area contributed by atoms with Crippen LogP contribution in [0.3, 0.4) is 0 Å². The van der Waals surface area contributed by atoms with Crippen LogP contribution >= 0.6 is 90.4 Å². The van der Waals surface area contributed by atoms with Gasteiger partial charge in [0.1, 0.15) is 1.93 Å². The molecule has 0 aliphatic rings. The molecule has 0 rings (SSSR count). The molecule has 0 aromatic rings. The van der Waals surface area contributed by atoms with E-state index in [1.165, 1.54) is 21.2 Å². The van der Waals surface area contributed by atoms with E-state index in [0.717, 1.165) is 0 Å². The van der Waals surface area contributed by atoms with Crippen LogP contribution in [0.15, 0.2) is 0 Å². The van der Waals surface area contributed by atoms with Crippen LogP contribution in [0.2, 0.25) is 0 Å². The van der Waals surface area contributed by atoms with E-state index in [9.17, 15) is 0 Å². The maximum atomic E-state index is 2.52. The molecule has 0 unspecified atom stereocenters. The van der Waals surface area contributed by atoms with Gasteiger partial charge in [-0.1, -0.05) is 110 Å². The van der Waals surface area contributed by atoms with Crippen LogP contribution in [0.25, 0.3) is 0 Å². The number of rotatable bonds is 4.